The van der Waals surface area contributed by atoms with Crippen LogP contribution in [0.1, 0.15) is 34.9 Å². The summed E-state index contributed by atoms with van der Waals surface area (Å²) in [5.41, 5.74) is 14.7. The molecular weight excluding hydrogens is 486 g/mol. The summed E-state index contributed by atoms with van der Waals surface area (Å²) >= 11 is 2.89. The highest BCUT2D eigenvalue weighted by Gasteiger charge is 2.21. The molecule has 4 rings (SSSR count). The maximum Gasteiger partial charge on any atom is 0.340 e. The molecule has 11 heteroatoms. The fourth-order valence-corrected chi connectivity index (χ4v) is 3.93. The van der Waals surface area contributed by atoms with Crippen LogP contribution in [0.25, 0.3) is 22.6 Å². The Labute approximate surface area is 211 Å². The maximum atomic E-state index is 11.3. The van der Waals surface area contributed by atoms with Gasteiger partial charge in [-0.2, -0.15) is 0 Å². The predicted octanol–water partition coefficient (Wildman–Crippen LogP) is 6.00. The lowest BCUT2D eigenvalue weighted by molar-refractivity contribution is -0.139. The summed E-state index contributed by atoms with van der Waals surface area (Å²) in [4.78, 5) is 34.9. The fraction of sp³-hybridized carbons (Fsp3) is 0.250. The molecular formula is C24H25N5O4S2. The molecule has 182 valence electrons. The summed E-state index contributed by atoms with van der Waals surface area (Å²) in [6, 6.07) is 10.3. The largest absolute Gasteiger partial charge is 0.463 e. The second-order valence-electron chi connectivity index (χ2n) is 6.73. The number of nitrogens with zero attached hydrogens (tertiary/aromatic N) is 5. The Hall–Kier alpha value is -3.79. The number of aromatic nitrogens is 2. The van der Waals surface area contributed by atoms with Crippen molar-refractivity contribution < 1.29 is 19.1 Å². The first-order valence-corrected chi connectivity index (χ1v) is 12.4. The summed E-state index contributed by atoms with van der Waals surface area (Å²) in [5.74, 6) is -0.851. The van der Waals surface area contributed by atoms with Gasteiger partial charge in [0.2, 0.25) is 0 Å². The van der Waals surface area contributed by atoms with Gasteiger partial charge in [-0.05, 0) is 38.5 Å². The third-order valence-electron chi connectivity index (χ3n) is 4.18. The van der Waals surface area contributed by atoms with Crippen LogP contribution >= 0.6 is 22.7 Å². The lowest BCUT2D eigenvalue weighted by Gasteiger charge is -2.00. The van der Waals surface area contributed by atoms with Gasteiger partial charge in [0, 0.05) is 28.0 Å². The van der Waals surface area contributed by atoms with Gasteiger partial charge < -0.3 is 9.47 Å². The van der Waals surface area contributed by atoms with Crippen molar-refractivity contribution in [2.45, 2.75) is 27.2 Å². The van der Waals surface area contributed by atoms with Gasteiger partial charge in [-0.25, -0.2) is 14.6 Å². The first-order chi connectivity index (χ1) is 17.0. The number of benzene rings is 1. The Kier molecular flexibility index (Phi) is 11.9. The van der Waals surface area contributed by atoms with Crippen molar-refractivity contribution in [3.05, 3.63) is 90.3 Å². The average molecular weight is 512 g/mol. The minimum atomic E-state index is -0.635. The Bertz CT molecular complexity index is 1200. The number of thiazole rings is 2. The van der Waals surface area contributed by atoms with E-state index in [0.717, 1.165) is 21.0 Å². The summed E-state index contributed by atoms with van der Waals surface area (Å²) in [5, 5.41) is 3.26. The number of aryl methyl sites for hydroxylation is 1. The molecule has 0 unspecified atom stereocenters. The molecule has 0 fully saturated rings. The second kappa shape index (κ2) is 15.2. The number of carbonyl (C=O) groups is 2. The number of esters is 2. The van der Waals surface area contributed by atoms with E-state index in [1.165, 1.54) is 23.0 Å². The molecule has 0 aliphatic heterocycles. The first-order valence-electron chi connectivity index (χ1n) is 10.6. The van der Waals surface area contributed by atoms with E-state index in [1.807, 2.05) is 24.3 Å². The van der Waals surface area contributed by atoms with Crippen molar-refractivity contribution in [3.8, 4) is 0 Å². The van der Waals surface area contributed by atoms with Crippen LogP contribution < -0.4 is 0 Å². The molecule has 0 spiro atoms. The van der Waals surface area contributed by atoms with Gasteiger partial charge in [0.25, 0.3) is 0 Å². The lowest BCUT2D eigenvalue weighted by atomic mass is 10.2. The smallest absolute Gasteiger partial charge is 0.340 e. The van der Waals surface area contributed by atoms with E-state index >= 15 is 0 Å². The zero-order valence-corrected chi connectivity index (χ0v) is 21.2. The molecule has 2 aromatic heterocycles. The molecule has 0 radical (unpaired) electrons. The van der Waals surface area contributed by atoms with Crippen LogP contribution in [0.2, 0.25) is 0 Å². The van der Waals surface area contributed by atoms with Crippen LogP contribution in [0.4, 0.5) is 0 Å². The summed E-state index contributed by atoms with van der Waals surface area (Å²) < 4.78 is 9.61. The van der Waals surface area contributed by atoms with Crippen LogP contribution in [-0.4, -0.2) is 35.1 Å². The standard InChI is InChI=1S/C9H9NO2S.C8H8N4O2S.C7H8/c1-2-12-9(11)6-3-7-8(4-6)13-5-10-7;1-2-14-8(13)7(11-12-9)3-6-4-10-5-15-6;1-7-5-3-2-4-6-7/h4-5H,2-3H2,1H3;3-5H,2H2,1H3;2-6H,1H3/b;7-3-;. The van der Waals surface area contributed by atoms with Gasteiger partial charge in [-0.3, -0.25) is 4.98 Å². The van der Waals surface area contributed by atoms with E-state index in [0.29, 0.717) is 13.0 Å². The quantitative estimate of drug-likeness (QED) is 0.131. The number of azide groups is 1. The van der Waals surface area contributed by atoms with Crippen LogP contribution in [0.15, 0.2) is 63.9 Å². The van der Waals surface area contributed by atoms with Gasteiger partial charge in [-0.1, -0.05) is 41.0 Å². The molecule has 0 amide bonds. The highest BCUT2D eigenvalue weighted by Crippen LogP contribution is 2.27. The molecule has 0 saturated heterocycles. The van der Waals surface area contributed by atoms with E-state index in [9.17, 15) is 9.59 Å². The molecule has 9 nitrogen and oxygen atoms in total. The maximum absolute atomic E-state index is 11.3. The third-order valence-corrected chi connectivity index (χ3v) is 5.72. The summed E-state index contributed by atoms with van der Waals surface area (Å²) in [6.45, 7) is 6.23. The fourth-order valence-electron chi connectivity index (χ4n) is 2.62. The Morgan fingerprint density at radius 2 is 1.89 bits per heavy atom. The van der Waals surface area contributed by atoms with Crippen molar-refractivity contribution in [1.82, 2.24) is 9.97 Å². The van der Waals surface area contributed by atoms with Crippen molar-refractivity contribution in [3.63, 3.8) is 0 Å². The van der Waals surface area contributed by atoms with Gasteiger partial charge in [-0.15, -0.1) is 22.7 Å². The highest BCUT2D eigenvalue weighted by molar-refractivity contribution is 7.11. The van der Waals surface area contributed by atoms with Crippen LogP contribution in [0.5, 0.6) is 0 Å². The van der Waals surface area contributed by atoms with Crippen LogP contribution in [0.3, 0.4) is 0 Å². The minimum absolute atomic E-state index is 0.0661. The monoisotopic (exact) mass is 511 g/mol. The molecule has 35 heavy (non-hydrogen) atoms. The predicted molar refractivity (Wildman–Crippen MR) is 137 cm³/mol. The number of carbonyl (C=O) groups excluding carboxylic acids is 2. The van der Waals surface area contributed by atoms with E-state index in [-0.39, 0.29) is 18.3 Å². The molecule has 0 saturated carbocycles. The molecule has 0 N–H and O–H groups in total. The molecule has 1 aliphatic rings. The van der Waals surface area contributed by atoms with E-state index in [2.05, 4.69) is 39.1 Å². The van der Waals surface area contributed by atoms with Gasteiger partial charge >= 0.3 is 11.9 Å². The molecule has 0 atom stereocenters. The van der Waals surface area contributed by atoms with E-state index in [1.54, 1.807) is 42.4 Å². The SMILES string of the molecule is CCOC(=O)/C(=C/c1cncs1)N=[N+]=[N-].CCOC(=O)C1=Cc2scnc2C1.Cc1ccccc1. The first kappa shape index (κ1) is 27.5. The topological polar surface area (TPSA) is 127 Å². The molecule has 2 heterocycles. The molecule has 3 aromatic rings. The number of hydrogen-bond donors (Lipinski definition) is 0. The van der Waals surface area contributed by atoms with Gasteiger partial charge in [0.1, 0.15) is 5.70 Å². The van der Waals surface area contributed by atoms with Crippen molar-refractivity contribution in [2.24, 2.45) is 5.11 Å². The average Bonchev–Trinajstić information content (AvgIpc) is 3.59. The highest BCUT2D eigenvalue weighted by atomic mass is 32.1. The van der Waals surface area contributed by atoms with Crippen molar-refractivity contribution >= 4 is 46.8 Å². The van der Waals surface area contributed by atoms with Gasteiger partial charge in [0.05, 0.1) is 34.8 Å². The summed E-state index contributed by atoms with van der Waals surface area (Å²) in [6.07, 6.45) is 5.49. The summed E-state index contributed by atoms with van der Waals surface area (Å²) in [7, 11) is 0. The van der Waals surface area contributed by atoms with E-state index in [4.69, 9.17) is 15.0 Å². The molecule has 1 aromatic carbocycles. The number of fused-ring (bicyclic) bond motifs is 1. The Morgan fingerprint density at radius 1 is 1.14 bits per heavy atom. The van der Waals surface area contributed by atoms with Crippen molar-refractivity contribution in [2.75, 3.05) is 13.2 Å². The Morgan fingerprint density at radius 3 is 2.43 bits per heavy atom. The number of rotatable bonds is 6. The normalized spacial score (nSPS) is 11.4. The second-order valence-corrected chi connectivity index (χ2v) is 8.53. The third kappa shape index (κ3) is 9.54. The van der Waals surface area contributed by atoms with E-state index < -0.39 is 5.97 Å². The molecule has 1 aliphatic carbocycles. The zero-order chi connectivity index (χ0) is 25.5. The lowest BCUT2D eigenvalue weighted by Crippen LogP contribution is -2.07. The number of ether oxygens (including phenoxy) is 2. The van der Waals surface area contributed by atoms with Crippen molar-refractivity contribution in [1.29, 1.82) is 0 Å². The number of hydrogen-bond acceptors (Lipinski definition) is 9. The van der Waals surface area contributed by atoms with Gasteiger partial charge in [0.15, 0.2) is 0 Å². The Balaban J connectivity index is 0.000000196. The van der Waals surface area contributed by atoms with Crippen LogP contribution in [0, 0.1) is 6.92 Å². The minimum Gasteiger partial charge on any atom is -0.463 e. The zero-order valence-electron chi connectivity index (χ0n) is 19.6. The molecule has 0 bridgehead atoms. The van der Waals surface area contributed by atoms with Crippen LogP contribution in [-0.2, 0) is 25.5 Å².